The fraction of sp³-hybridized carbons (Fsp3) is 0.455. The second kappa shape index (κ2) is 4.42. The van der Waals surface area contributed by atoms with Crippen molar-refractivity contribution >= 4 is 0 Å². The lowest BCUT2D eigenvalue weighted by Crippen LogP contribution is -2.19. The van der Waals surface area contributed by atoms with Crippen molar-refractivity contribution in [3.8, 4) is 5.75 Å². The summed E-state index contributed by atoms with van der Waals surface area (Å²) in [6.07, 6.45) is 0. The number of nitrogens with two attached hydrogens (primary N) is 1. The average Bonchev–Trinajstić information content (AvgIpc) is 2.16. The lowest BCUT2D eigenvalue weighted by Gasteiger charge is -2.19. The number of benzene rings is 1. The van der Waals surface area contributed by atoms with Crippen LogP contribution in [-0.4, -0.2) is 7.11 Å². The predicted octanol–water partition coefficient (Wildman–Crippen LogP) is 2.49. The van der Waals surface area contributed by atoms with Gasteiger partial charge >= 0.3 is 0 Å². The van der Waals surface area contributed by atoms with Crippen molar-refractivity contribution in [3.63, 3.8) is 0 Å². The van der Waals surface area contributed by atoms with E-state index in [0.717, 1.165) is 0 Å². The average molecular weight is 197 g/mol. The number of rotatable bonds is 3. The van der Waals surface area contributed by atoms with Crippen LogP contribution in [0.4, 0.5) is 4.39 Å². The highest BCUT2D eigenvalue weighted by atomic mass is 19.1. The molecule has 0 radical (unpaired) electrons. The summed E-state index contributed by atoms with van der Waals surface area (Å²) in [6.45, 7) is 3.91. The number of methoxy groups -OCH3 is 1. The Bertz CT molecular complexity index is 312. The van der Waals surface area contributed by atoms with Crippen molar-refractivity contribution in [2.45, 2.75) is 19.9 Å². The Balaban J connectivity index is 3.16. The van der Waals surface area contributed by atoms with Gasteiger partial charge in [0.05, 0.1) is 7.11 Å². The summed E-state index contributed by atoms with van der Waals surface area (Å²) >= 11 is 0. The molecule has 0 aliphatic rings. The number of halogens is 1. The van der Waals surface area contributed by atoms with Gasteiger partial charge in [0.15, 0.2) is 0 Å². The number of hydrogen-bond donors (Lipinski definition) is 1. The van der Waals surface area contributed by atoms with E-state index in [2.05, 4.69) is 0 Å². The van der Waals surface area contributed by atoms with E-state index >= 15 is 0 Å². The van der Waals surface area contributed by atoms with Gasteiger partial charge in [0.2, 0.25) is 0 Å². The molecule has 0 bridgehead atoms. The lowest BCUT2D eigenvalue weighted by atomic mass is 9.96. The number of hydrogen-bond acceptors (Lipinski definition) is 2. The van der Waals surface area contributed by atoms with Crippen LogP contribution in [0.2, 0.25) is 0 Å². The third kappa shape index (κ3) is 2.04. The Morgan fingerprint density at radius 2 is 2.00 bits per heavy atom. The molecule has 3 heteroatoms. The second-order valence-electron chi connectivity index (χ2n) is 3.63. The first kappa shape index (κ1) is 11.0. The van der Waals surface area contributed by atoms with E-state index in [1.54, 1.807) is 12.1 Å². The van der Waals surface area contributed by atoms with Gasteiger partial charge in [-0.3, -0.25) is 0 Å². The Morgan fingerprint density at radius 3 is 2.50 bits per heavy atom. The van der Waals surface area contributed by atoms with Crippen molar-refractivity contribution in [3.05, 3.63) is 29.6 Å². The SMILES string of the molecule is COc1cccc(F)c1C(N)C(C)C. The topological polar surface area (TPSA) is 35.2 Å². The third-order valence-electron chi connectivity index (χ3n) is 2.28. The normalized spacial score (nSPS) is 13.0. The highest BCUT2D eigenvalue weighted by Crippen LogP contribution is 2.30. The van der Waals surface area contributed by atoms with Gasteiger partial charge in [-0.25, -0.2) is 4.39 Å². The van der Waals surface area contributed by atoms with Crippen LogP contribution in [-0.2, 0) is 0 Å². The van der Waals surface area contributed by atoms with Gasteiger partial charge in [-0.2, -0.15) is 0 Å². The Kier molecular flexibility index (Phi) is 3.47. The largest absolute Gasteiger partial charge is 0.496 e. The molecule has 0 heterocycles. The predicted molar refractivity (Wildman–Crippen MR) is 54.7 cm³/mol. The second-order valence-corrected chi connectivity index (χ2v) is 3.63. The highest BCUT2D eigenvalue weighted by molar-refractivity contribution is 5.37. The molecule has 0 saturated heterocycles. The summed E-state index contributed by atoms with van der Waals surface area (Å²) in [5.74, 6) is 0.401. The molecule has 14 heavy (non-hydrogen) atoms. The van der Waals surface area contributed by atoms with Crippen LogP contribution in [0.3, 0.4) is 0 Å². The molecule has 78 valence electrons. The Morgan fingerprint density at radius 1 is 1.36 bits per heavy atom. The minimum absolute atomic E-state index is 0.181. The molecule has 2 N–H and O–H groups in total. The molecule has 1 atom stereocenters. The molecular formula is C11H16FNO. The number of ether oxygens (including phenoxy) is 1. The van der Waals surface area contributed by atoms with Crippen LogP contribution >= 0.6 is 0 Å². The maximum absolute atomic E-state index is 13.5. The van der Waals surface area contributed by atoms with Crippen molar-refractivity contribution in [1.29, 1.82) is 0 Å². The zero-order valence-electron chi connectivity index (χ0n) is 8.75. The first-order valence-corrected chi connectivity index (χ1v) is 4.66. The molecule has 0 aliphatic heterocycles. The van der Waals surface area contributed by atoms with Gasteiger partial charge in [-0.05, 0) is 18.1 Å². The third-order valence-corrected chi connectivity index (χ3v) is 2.28. The highest BCUT2D eigenvalue weighted by Gasteiger charge is 2.19. The summed E-state index contributed by atoms with van der Waals surface area (Å²) in [5, 5.41) is 0. The first-order chi connectivity index (χ1) is 6.57. The molecule has 0 spiro atoms. The minimum atomic E-state index is -0.328. The molecule has 1 aromatic carbocycles. The fourth-order valence-corrected chi connectivity index (χ4v) is 1.35. The van der Waals surface area contributed by atoms with Crippen molar-refractivity contribution in [1.82, 2.24) is 0 Å². The quantitative estimate of drug-likeness (QED) is 0.808. The summed E-state index contributed by atoms with van der Waals surface area (Å²) in [4.78, 5) is 0. The van der Waals surface area contributed by atoms with Crippen LogP contribution < -0.4 is 10.5 Å². The van der Waals surface area contributed by atoms with Gasteiger partial charge in [-0.1, -0.05) is 19.9 Å². The standard InChI is InChI=1S/C11H16FNO/c1-7(2)11(13)10-8(12)5-4-6-9(10)14-3/h4-7,11H,13H2,1-3H3. The first-order valence-electron chi connectivity index (χ1n) is 4.66. The minimum Gasteiger partial charge on any atom is -0.496 e. The summed E-state index contributed by atoms with van der Waals surface area (Å²) in [5.41, 5.74) is 6.36. The summed E-state index contributed by atoms with van der Waals surface area (Å²) in [6, 6.07) is 4.41. The molecule has 1 unspecified atom stereocenters. The van der Waals surface area contributed by atoms with Crippen molar-refractivity contribution in [2.75, 3.05) is 7.11 Å². The molecule has 0 aromatic heterocycles. The zero-order chi connectivity index (χ0) is 10.7. The monoisotopic (exact) mass is 197 g/mol. The van der Waals surface area contributed by atoms with Crippen LogP contribution in [0.25, 0.3) is 0 Å². The zero-order valence-corrected chi connectivity index (χ0v) is 8.75. The molecule has 2 nitrogen and oxygen atoms in total. The van der Waals surface area contributed by atoms with Crippen molar-refractivity contribution in [2.24, 2.45) is 11.7 Å². The Hall–Kier alpha value is -1.09. The van der Waals surface area contributed by atoms with Gasteiger partial charge in [0, 0.05) is 11.6 Å². The lowest BCUT2D eigenvalue weighted by molar-refractivity contribution is 0.387. The van der Waals surface area contributed by atoms with E-state index in [4.69, 9.17) is 10.5 Å². The Labute approximate surface area is 83.9 Å². The maximum atomic E-state index is 13.5. The summed E-state index contributed by atoms with van der Waals surface area (Å²) < 4.78 is 18.6. The van der Waals surface area contributed by atoms with Gasteiger partial charge in [-0.15, -0.1) is 0 Å². The van der Waals surface area contributed by atoms with Gasteiger partial charge in [0.1, 0.15) is 11.6 Å². The molecular weight excluding hydrogens is 181 g/mol. The van der Waals surface area contributed by atoms with Gasteiger partial charge < -0.3 is 10.5 Å². The molecule has 1 aromatic rings. The molecule has 0 saturated carbocycles. The van der Waals surface area contributed by atoms with E-state index in [9.17, 15) is 4.39 Å². The molecule has 1 rings (SSSR count). The van der Waals surface area contributed by atoms with Gasteiger partial charge in [0.25, 0.3) is 0 Å². The van der Waals surface area contributed by atoms with E-state index in [1.165, 1.54) is 13.2 Å². The molecule has 0 aliphatic carbocycles. The van der Waals surface area contributed by atoms with Crippen LogP contribution in [0.15, 0.2) is 18.2 Å². The van der Waals surface area contributed by atoms with Crippen LogP contribution in [0.5, 0.6) is 5.75 Å². The maximum Gasteiger partial charge on any atom is 0.131 e. The molecule has 0 amide bonds. The van der Waals surface area contributed by atoms with E-state index in [0.29, 0.717) is 11.3 Å². The smallest absolute Gasteiger partial charge is 0.131 e. The van der Waals surface area contributed by atoms with Crippen LogP contribution in [0.1, 0.15) is 25.5 Å². The van der Waals surface area contributed by atoms with Crippen LogP contribution in [0, 0.1) is 11.7 Å². The summed E-state index contributed by atoms with van der Waals surface area (Å²) in [7, 11) is 1.52. The van der Waals surface area contributed by atoms with E-state index in [-0.39, 0.29) is 17.8 Å². The van der Waals surface area contributed by atoms with Crippen molar-refractivity contribution < 1.29 is 9.13 Å². The van der Waals surface area contributed by atoms with E-state index in [1.807, 2.05) is 13.8 Å². The molecule has 0 fully saturated rings. The fourth-order valence-electron chi connectivity index (χ4n) is 1.35. The van der Waals surface area contributed by atoms with E-state index < -0.39 is 0 Å².